The van der Waals surface area contributed by atoms with E-state index in [9.17, 15) is 5.11 Å². The van der Waals surface area contributed by atoms with Gasteiger partial charge in [0.1, 0.15) is 0 Å². The smallest absolute Gasteiger partial charge is 0.0600 e. The van der Waals surface area contributed by atoms with Gasteiger partial charge in [-0.25, -0.2) is 0 Å². The zero-order chi connectivity index (χ0) is 11.5. The van der Waals surface area contributed by atoms with Crippen LogP contribution in [-0.4, -0.2) is 35.2 Å². The molecule has 1 fully saturated rings. The van der Waals surface area contributed by atoms with E-state index in [4.69, 9.17) is 0 Å². The molecule has 0 aromatic rings. The lowest BCUT2D eigenvalue weighted by Gasteiger charge is -2.29. The predicted octanol–water partition coefficient (Wildman–Crippen LogP) is 2.66. The molecule has 0 aliphatic heterocycles. The van der Waals surface area contributed by atoms with Crippen molar-refractivity contribution in [2.24, 2.45) is 5.41 Å². The second-order valence-corrected chi connectivity index (χ2v) is 5.94. The van der Waals surface area contributed by atoms with Gasteiger partial charge in [-0.1, -0.05) is 27.7 Å². The molecule has 0 heterocycles. The van der Waals surface area contributed by atoms with E-state index in [2.05, 4.69) is 32.6 Å². The summed E-state index contributed by atoms with van der Waals surface area (Å²) in [4.78, 5) is 2.55. The third-order valence-corrected chi connectivity index (χ3v) is 3.26. The SMILES string of the molecule is CCCN(CCC(O)C(C)(C)C)C1CC1. The highest BCUT2D eigenvalue weighted by molar-refractivity contribution is 4.85. The molecule has 0 spiro atoms. The Kier molecular flexibility index (Phi) is 4.60. The Balaban J connectivity index is 2.26. The van der Waals surface area contributed by atoms with Gasteiger partial charge < -0.3 is 10.0 Å². The van der Waals surface area contributed by atoms with Crippen LogP contribution in [0.2, 0.25) is 0 Å². The van der Waals surface area contributed by atoms with Crippen LogP contribution in [0.4, 0.5) is 0 Å². The quantitative estimate of drug-likeness (QED) is 0.733. The minimum atomic E-state index is -0.171. The third kappa shape index (κ3) is 4.52. The average Bonchev–Trinajstić information content (AvgIpc) is 2.93. The topological polar surface area (TPSA) is 23.5 Å². The number of hydrogen-bond donors (Lipinski definition) is 1. The first-order chi connectivity index (χ1) is 6.95. The molecule has 1 atom stereocenters. The molecule has 1 aliphatic carbocycles. The second kappa shape index (κ2) is 5.31. The van der Waals surface area contributed by atoms with Gasteiger partial charge >= 0.3 is 0 Å². The summed E-state index contributed by atoms with van der Waals surface area (Å²) in [5.41, 5.74) is 0.0292. The summed E-state index contributed by atoms with van der Waals surface area (Å²) >= 11 is 0. The maximum atomic E-state index is 9.98. The summed E-state index contributed by atoms with van der Waals surface area (Å²) in [6, 6.07) is 0.831. The molecule has 0 aromatic carbocycles. The fourth-order valence-electron chi connectivity index (χ4n) is 1.92. The monoisotopic (exact) mass is 213 g/mol. The highest BCUT2D eigenvalue weighted by Crippen LogP contribution is 2.28. The summed E-state index contributed by atoms with van der Waals surface area (Å²) in [6.07, 6.45) is 4.70. The zero-order valence-electron chi connectivity index (χ0n) is 10.8. The molecule has 1 N–H and O–H groups in total. The van der Waals surface area contributed by atoms with Gasteiger partial charge in [-0.2, -0.15) is 0 Å². The Labute approximate surface area is 94.7 Å². The van der Waals surface area contributed by atoms with E-state index in [0.717, 1.165) is 19.0 Å². The Morgan fingerprint density at radius 1 is 1.27 bits per heavy atom. The van der Waals surface area contributed by atoms with Crippen molar-refractivity contribution < 1.29 is 5.11 Å². The van der Waals surface area contributed by atoms with Crippen molar-refractivity contribution in [2.45, 2.75) is 65.5 Å². The maximum Gasteiger partial charge on any atom is 0.0600 e. The number of rotatable bonds is 6. The second-order valence-electron chi connectivity index (χ2n) is 5.94. The first-order valence-electron chi connectivity index (χ1n) is 6.37. The molecule has 2 nitrogen and oxygen atoms in total. The van der Waals surface area contributed by atoms with E-state index in [-0.39, 0.29) is 11.5 Å². The molecule has 90 valence electrons. The molecule has 0 aromatic heterocycles. The minimum Gasteiger partial charge on any atom is -0.393 e. The van der Waals surface area contributed by atoms with Gasteiger partial charge in [-0.05, 0) is 37.6 Å². The van der Waals surface area contributed by atoms with Gasteiger partial charge in [0.25, 0.3) is 0 Å². The van der Waals surface area contributed by atoms with E-state index >= 15 is 0 Å². The van der Waals surface area contributed by atoms with Crippen LogP contribution in [0.25, 0.3) is 0 Å². The third-order valence-electron chi connectivity index (χ3n) is 3.26. The van der Waals surface area contributed by atoms with Gasteiger partial charge in [-0.3, -0.25) is 0 Å². The van der Waals surface area contributed by atoms with Gasteiger partial charge in [0, 0.05) is 12.6 Å². The first-order valence-corrected chi connectivity index (χ1v) is 6.37. The highest BCUT2D eigenvalue weighted by atomic mass is 16.3. The Morgan fingerprint density at radius 2 is 1.87 bits per heavy atom. The average molecular weight is 213 g/mol. The van der Waals surface area contributed by atoms with Gasteiger partial charge in [0.15, 0.2) is 0 Å². The molecule has 0 bridgehead atoms. The first kappa shape index (κ1) is 13.0. The molecular weight excluding hydrogens is 186 g/mol. The van der Waals surface area contributed by atoms with Crippen molar-refractivity contribution in [3.63, 3.8) is 0 Å². The summed E-state index contributed by atoms with van der Waals surface area (Å²) in [7, 11) is 0. The molecule has 1 saturated carbocycles. The van der Waals surface area contributed by atoms with Gasteiger partial charge in [0.2, 0.25) is 0 Å². The summed E-state index contributed by atoms with van der Waals surface area (Å²) in [5, 5.41) is 9.98. The summed E-state index contributed by atoms with van der Waals surface area (Å²) in [6.45, 7) is 10.8. The van der Waals surface area contributed by atoms with Crippen molar-refractivity contribution in [2.75, 3.05) is 13.1 Å². The molecule has 2 heteroatoms. The van der Waals surface area contributed by atoms with E-state index in [1.165, 1.54) is 25.8 Å². The van der Waals surface area contributed by atoms with Gasteiger partial charge in [0.05, 0.1) is 6.10 Å². The highest BCUT2D eigenvalue weighted by Gasteiger charge is 2.29. The van der Waals surface area contributed by atoms with Crippen LogP contribution < -0.4 is 0 Å². The van der Waals surface area contributed by atoms with E-state index in [0.29, 0.717) is 0 Å². The molecule has 0 amide bonds. The van der Waals surface area contributed by atoms with Crippen molar-refractivity contribution >= 4 is 0 Å². The van der Waals surface area contributed by atoms with Crippen LogP contribution in [0.3, 0.4) is 0 Å². The summed E-state index contributed by atoms with van der Waals surface area (Å²) < 4.78 is 0. The normalized spacial score (nSPS) is 19.6. The molecule has 15 heavy (non-hydrogen) atoms. The fourth-order valence-corrected chi connectivity index (χ4v) is 1.92. The minimum absolute atomic E-state index is 0.0292. The molecule has 0 saturated heterocycles. The van der Waals surface area contributed by atoms with Crippen LogP contribution >= 0.6 is 0 Å². The molecular formula is C13H27NO. The predicted molar refractivity (Wildman–Crippen MR) is 65.0 cm³/mol. The lowest BCUT2D eigenvalue weighted by atomic mass is 9.87. The largest absolute Gasteiger partial charge is 0.393 e. The summed E-state index contributed by atoms with van der Waals surface area (Å²) in [5.74, 6) is 0. The van der Waals surface area contributed by atoms with Crippen LogP contribution in [-0.2, 0) is 0 Å². The lowest BCUT2D eigenvalue weighted by molar-refractivity contribution is 0.0447. The van der Waals surface area contributed by atoms with E-state index in [1.54, 1.807) is 0 Å². The molecule has 0 radical (unpaired) electrons. The van der Waals surface area contributed by atoms with Gasteiger partial charge in [-0.15, -0.1) is 0 Å². The fraction of sp³-hybridized carbons (Fsp3) is 1.00. The van der Waals surface area contributed by atoms with Crippen molar-refractivity contribution in [1.29, 1.82) is 0 Å². The van der Waals surface area contributed by atoms with Crippen LogP contribution in [0.5, 0.6) is 0 Å². The van der Waals surface area contributed by atoms with Crippen molar-refractivity contribution in [3.05, 3.63) is 0 Å². The Hall–Kier alpha value is -0.0800. The molecule has 1 unspecified atom stereocenters. The van der Waals surface area contributed by atoms with Crippen LogP contribution in [0.1, 0.15) is 53.4 Å². The Morgan fingerprint density at radius 3 is 2.27 bits per heavy atom. The van der Waals surface area contributed by atoms with Crippen LogP contribution in [0.15, 0.2) is 0 Å². The number of aliphatic hydroxyl groups excluding tert-OH is 1. The van der Waals surface area contributed by atoms with Crippen molar-refractivity contribution in [1.82, 2.24) is 4.90 Å². The van der Waals surface area contributed by atoms with Crippen LogP contribution in [0, 0.1) is 5.41 Å². The number of hydrogen-bond acceptors (Lipinski definition) is 2. The number of aliphatic hydroxyl groups is 1. The lowest BCUT2D eigenvalue weighted by Crippen LogP contribution is -2.34. The van der Waals surface area contributed by atoms with E-state index in [1.807, 2.05) is 0 Å². The zero-order valence-corrected chi connectivity index (χ0v) is 10.8. The van der Waals surface area contributed by atoms with E-state index < -0.39 is 0 Å². The Bertz CT molecular complexity index is 181. The standard InChI is InChI=1S/C13H27NO/c1-5-9-14(11-6-7-11)10-8-12(15)13(2,3)4/h11-12,15H,5-10H2,1-4H3. The molecule has 1 aliphatic rings. The number of nitrogens with zero attached hydrogens (tertiary/aromatic N) is 1. The molecule has 1 rings (SSSR count). The maximum absolute atomic E-state index is 9.98. The van der Waals surface area contributed by atoms with Crippen molar-refractivity contribution in [3.8, 4) is 0 Å².